The summed E-state index contributed by atoms with van der Waals surface area (Å²) < 4.78 is 16.6. The van der Waals surface area contributed by atoms with Crippen molar-refractivity contribution in [3.8, 4) is 11.8 Å². The van der Waals surface area contributed by atoms with Gasteiger partial charge in [0.25, 0.3) is 0 Å². The number of halogens is 1. The number of ether oxygens (including phenoxy) is 2. The fourth-order valence-electron chi connectivity index (χ4n) is 3.21. The fourth-order valence-corrected chi connectivity index (χ4v) is 3.21. The van der Waals surface area contributed by atoms with Gasteiger partial charge in [-0.15, -0.1) is 12.4 Å². The highest BCUT2D eigenvalue weighted by atomic mass is 35.5. The van der Waals surface area contributed by atoms with Crippen LogP contribution in [0.15, 0.2) is 53.1 Å². The first kappa shape index (κ1) is 20.9. The third-order valence-corrected chi connectivity index (χ3v) is 4.70. The monoisotopic (exact) mass is 411 g/mol. The molecule has 1 fully saturated rings. The number of nitriles is 1. The molecule has 0 spiro atoms. The van der Waals surface area contributed by atoms with E-state index in [2.05, 4.69) is 16.1 Å². The van der Waals surface area contributed by atoms with Crippen molar-refractivity contribution < 1.29 is 14.0 Å². The van der Waals surface area contributed by atoms with Gasteiger partial charge < -0.3 is 14.0 Å². The van der Waals surface area contributed by atoms with E-state index >= 15 is 0 Å². The third kappa shape index (κ3) is 5.15. The van der Waals surface area contributed by atoms with Crippen LogP contribution in [-0.2, 0) is 4.74 Å². The normalized spacial score (nSPS) is 14.9. The molecule has 6 nitrogen and oxygen atoms in total. The number of nitrogens with zero attached hydrogens (tertiary/aromatic N) is 3. The molecule has 4 rings (SSSR count). The van der Waals surface area contributed by atoms with Gasteiger partial charge in [0.2, 0.25) is 0 Å². The SMILES string of the molecule is Cl.N#C/C(=C\c1cccc(OCCN2CCOCC2)c1)c1noc2ccccc12. The molecule has 0 N–H and O–H groups in total. The van der Waals surface area contributed by atoms with E-state index in [1.807, 2.05) is 48.5 Å². The Morgan fingerprint density at radius 1 is 1.17 bits per heavy atom. The van der Waals surface area contributed by atoms with Gasteiger partial charge in [-0.1, -0.05) is 29.4 Å². The van der Waals surface area contributed by atoms with Gasteiger partial charge in [-0.25, -0.2) is 0 Å². The van der Waals surface area contributed by atoms with E-state index in [1.165, 1.54) is 0 Å². The lowest BCUT2D eigenvalue weighted by Gasteiger charge is -2.26. The number of morpholine rings is 1. The number of benzene rings is 2. The molecule has 1 aliphatic rings. The summed E-state index contributed by atoms with van der Waals surface area (Å²) in [6, 6.07) is 17.5. The van der Waals surface area contributed by atoms with Crippen LogP contribution in [0.1, 0.15) is 11.3 Å². The van der Waals surface area contributed by atoms with Crippen LogP contribution in [0.25, 0.3) is 22.6 Å². The van der Waals surface area contributed by atoms with Crippen molar-refractivity contribution in [2.75, 3.05) is 39.5 Å². The van der Waals surface area contributed by atoms with Gasteiger partial charge in [-0.3, -0.25) is 4.90 Å². The topological polar surface area (TPSA) is 71.5 Å². The summed E-state index contributed by atoms with van der Waals surface area (Å²) in [4.78, 5) is 2.33. The predicted octanol–water partition coefficient (Wildman–Crippen LogP) is 4.02. The zero-order valence-corrected chi connectivity index (χ0v) is 16.7. The second-order valence-corrected chi connectivity index (χ2v) is 6.57. The Morgan fingerprint density at radius 3 is 2.83 bits per heavy atom. The molecule has 1 aliphatic heterocycles. The van der Waals surface area contributed by atoms with Crippen LogP contribution in [0.3, 0.4) is 0 Å². The molecule has 2 heterocycles. The lowest BCUT2D eigenvalue weighted by atomic mass is 10.1. The Hall–Kier alpha value is -2.85. The van der Waals surface area contributed by atoms with Gasteiger partial charge in [-0.05, 0) is 35.9 Å². The molecule has 0 amide bonds. The minimum Gasteiger partial charge on any atom is -0.492 e. The van der Waals surface area contributed by atoms with Crippen molar-refractivity contribution in [1.29, 1.82) is 5.26 Å². The van der Waals surface area contributed by atoms with Crippen molar-refractivity contribution in [2.24, 2.45) is 0 Å². The number of hydrogen-bond donors (Lipinski definition) is 0. The molecular weight excluding hydrogens is 390 g/mol. The standard InChI is InChI=1S/C22H21N3O3.ClH/c23-16-18(22-20-6-1-2-7-21(20)28-24-22)14-17-4-3-5-19(15-17)27-13-10-25-8-11-26-12-9-25;/h1-7,14-15H,8-13H2;1H/b18-14+;. The van der Waals surface area contributed by atoms with E-state index < -0.39 is 0 Å². The highest BCUT2D eigenvalue weighted by Crippen LogP contribution is 2.26. The van der Waals surface area contributed by atoms with Crippen LogP contribution in [0, 0.1) is 11.3 Å². The first-order chi connectivity index (χ1) is 13.8. The zero-order valence-electron chi connectivity index (χ0n) is 15.9. The number of allylic oxidation sites excluding steroid dienone is 1. The minimum absolute atomic E-state index is 0. The molecule has 150 valence electrons. The Labute approximate surface area is 175 Å². The second kappa shape index (κ2) is 10.1. The lowest BCUT2D eigenvalue weighted by molar-refractivity contribution is 0.0322. The average Bonchev–Trinajstić information content (AvgIpc) is 3.17. The lowest BCUT2D eigenvalue weighted by Crippen LogP contribution is -2.38. The molecule has 0 saturated carbocycles. The maximum absolute atomic E-state index is 9.63. The summed E-state index contributed by atoms with van der Waals surface area (Å²) in [5.74, 6) is 0.782. The van der Waals surface area contributed by atoms with Crippen LogP contribution in [-0.4, -0.2) is 49.5 Å². The van der Waals surface area contributed by atoms with Crippen molar-refractivity contribution in [2.45, 2.75) is 0 Å². The quantitative estimate of drug-likeness (QED) is 0.570. The number of hydrogen-bond acceptors (Lipinski definition) is 6. The second-order valence-electron chi connectivity index (χ2n) is 6.57. The molecule has 0 bridgehead atoms. The smallest absolute Gasteiger partial charge is 0.167 e. The molecule has 29 heavy (non-hydrogen) atoms. The van der Waals surface area contributed by atoms with Crippen LogP contribution in [0.4, 0.5) is 0 Å². The van der Waals surface area contributed by atoms with Gasteiger partial charge in [-0.2, -0.15) is 5.26 Å². The van der Waals surface area contributed by atoms with E-state index in [4.69, 9.17) is 14.0 Å². The summed E-state index contributed by atoms with van der Waals surface area (Å²) in [6.07, 6.45) is 1.80. The Bertz CT molecular complexity index is 1020. The van der Waals surface area contributed by atoms with Gasteiger partial charge in [0.1, 0.15) is 24.1 Å². The molecule has 1 saturated heterocycles. The third-order valence-electron chi connectivity index (χ3n) is 4.70. The molecule has 3 aromatic rings. The van der Waals surface area contributed by atoms with Crippen LogP contribution in [0.2, 0.25) is 0 Å². The molecule has 1 aromatic heterocycles. The van der Waals surface area contributed by atoms with E-state index in [1.54, 1.807) is 6.08 Å². The minimum atomic E-state index is 0. The number of para-hydroxylation sites is 1. The highest BCUT2D eigenvalue weighted by Gasteiger charge is 2.13. The molecule has 0 radical (unpaired) electrons. The summed E-state index contributed by atoms with van der Waals surface area (Å²) >= 11 is 0. The Morgan fingerprint density at radius 2 is 2.00 bits per heavy atom. The molecule has 0 aliphatic carbocycles. The molecule has 0 unspecified atom stereocenters. The molecule has 7 heteroatoms. The predicted molar refractivity (Wildman–Crippen MR) is 114 cm³/mol. The van der Waals surface area contributed by atoms with Crippen molar-refractivity contribution in [3.63, 3.8) is 0 Å². The van der Waals surface area contributed by atoms with Crippen molar-refractivity contribution >= 4 is 35.0 Å². The number of aromatic nitrogens is 1. The molecule has 0 atom stereocenters. The summed E-state index contributed by atoms with van der Waals surface area (Å²) in [5.41, 5.74) is 2.55. The van der Waals surface area contributed by atoms with E-state index in [0.29, 0.717) is 23.5 Å². The average molecular weight is 412 g/mol. The summed E-state index contributed by atoms with van der Waals surface area (Å²) in [7, 11) is 0. The summed E-state index contributed by atoms with van der Waals surface area (Å²) in [6.45, 7) is 4.96. The fraction of sp³-hybridized carbons (Fsp3) is 0.273. The van der Waals surface area contributed by atoms with Crippen LogP contribution >= 0.6 is 12.4 Å². The molecule has 2 aromatic carbocycles. The maximum atomic E-state index is 9.63. The first-order valence-corrected chi connectivity index (χ1v) is 9.33. The number of rotatable bonds is 6. The Balaban J connectivity index is 0.00000240. The van der Waals surface area contributed by atoms with Gasteiger partial charge >= 0.3 is 0 Å². The van der Waals surface area contributed by atoms with E-state index in [-0.39, 0.29) is 12.4 Å². The maximum Gasteiger partial charge on any atom is 0.167 e. The van der Waals surface area contributed by atoms with E-state index in [0.717, 1.165) is 49.5 Å². The van der Waals surface area contributed by atoms with Crippen molar-refractivity contribution in [3.05, 3.63) is 59.8 Å². The van der Waals surface area contributed by atoms with Crippen LogP contribution < -0.4 is 4.74 Å². The van der Waals surface area contributed by atoms with Crippen molar-refractivity contribution in [1.82, 2.24) is 10.1 Å². The molecular formula is C22H22ClN3O3. The van der Waals surface area contributed by atoms with Gasteiger partial charge in [0, 0.05) is 19.6 Å². The highest BCUT2D eigenvalue weighted by molar-refractivity contribution is 5.98. The number of fused-ring (bicyclic) bond motifs is 1. The summed E-state index contributed by atoms with van der Waals surface area (Å²) in [5, 5.41) is 14.5. The van der Waals surface area contributed by atoms with Crippen LogP contribution in [0.5, 0.6) is 5.75 Å². The van der Waals surface area contributed by atoms with Gasteiger partial charge in [0.15, 0.2) is 5.58 Å². The van der Waals surface area contributed by atoms with Gasteiger partial charge in [0.05, 0.1) is 24.2 Å². The zero-order chi connectivity index (χ0) is 19.2. The Kier molecular flexibility index (Phi) is 7.25. The largest absolute Gasteiger partial charge is 0.492 e. The first-order valence-electron chi connectivity index (χ1n) is 9.33. The van der Waals surface area contributed by atoms with E-state index in [9.17, 15) is 5.26 Å².